The number of nitrogens with two attached hydrogens (primary N) is 4. The van der Waals surface area contributed by atoms with Gasteiger partial charge in [0.2, 0.25) is 5.78 Å². The van der Waals surface area contributed by atoms with Crippen LogP contribution in [0.25, 0.3) is 38.0 Å². The number of aliphatic imine (C=N–C) groups is 1. The number of para-hydroxylation sites is 2. The third-order valence-electron chi connectivity index (χ3n) is 18.1. The maximum absolute atomic E-state index is 12.7. The number of hydrogen-bond donors (Lipinski definition) is 9. The Morgan fingerprint density at radius 2 is 1.02 bits per heavy atom. The Kier molecular flexibility index (Phi) is 30.1. The maximum atomic E-state index is 12.7. The monoisotopic (exact) mass is 1670 g/mol. The number of benzene rings is 13. The molecule has 13 aromatic rings. The zero-order valence-electron chi connectivity index (χ0n) is 64.6. The van der Waals surface area contributed by atoms with Crippen molar-refractivity contribution in [1.82, 2.24) is 4.48 Å². The number of nitro benzene ring substituents is 1. The summed E-state index contributed by atoms with van der Waals surface area (Å²) >= 11 is 3.20. The van der Waals surface area contributed by atoms with Crippen molar-refractivity contribution in [1.29, 1.82) is 0 Å². The number of ketones is 1. The Morgan fingerprint density at radius 3 is 1.56 bits per heavy atom. The molecule has 0 saturated carbocycles. The summed E-state index contributed by atoms with van der Waals surface area (Å²) in [4.78, 5) is 27.6. The summed E-state index contributed by atoms with van der Waals surface area (Å²) in [5, 5.41) is 107. The molecule has 0 bridgehead atoms. The van der Waals surface area contributed by atoms with Crippen molar-refractivity contribution >= 4 is 151 Å². The minimum absolute atomic E-state index is 0. The van der Waals surface area contributed by atoms with Crippen LogP contribution in [-0.4, -0.2) is 88.2 Å². The number of phenolic OH excluding ortho intramolecular Hbond substituents is 4. The fraction of sp³-hybridized carbons (Fsp3) is 0.144. The molecule has 0 saturated heterocycles. The van der Waals surface area contributed by atoms with Gasteiger partial charge in [0, 0.05) is 51.1 Å². The van der Waals surface area contributed by atoms with Gasteiger partial charge in [0.15, 0.2) is 18.0 Å². The van der Waals surface area contributed by atoms with E-state index in [0.29, 0.717) is 48.8 Å². The molecule has 13 N–H and O–H groups in total. The Labute approximate surface area is 697 Å². The number of carbonyl (C=O) groups is 1. The molecule has 0 amide bonds. The van der Waals surface area contributed by atoms with Crippen LogP contribution >= 0.6 is 15.9 Å². The van der Waals surface area contributed by atoms with Gasteiger partial charge in [0.25, 0.3) is 5.69 Å². The highest BCUT2D eigenvalue weighted by atomic mass is 79.9. The van der Waals surface area contributed by atoms with Gasteiger partial charge in [-0.15, -0.1) is 25.6 Å². The number of nitro groups is 1. The van der Waals surface area contributed by atoms with Gasteiger partial charge in [-0.05, 0) is 206 Å². The lowest BCUT2D eigenvalue weighted by atomic mass is 9.90. The van der Waals surface area contributed by atoms with Gasteiger partial charge in [0.05, 0.1) is 77.2 Å². The van der Waals surface area contributed by atoms with E-state index in [0.717, 1.165) is 77.3 Å². The standard InChI is InChI=1S/C19H24N5O.C18H16N2O2.C17H14BrN3O2.C17H14N4O3.C17H15N3O.2CH4.ClH/c1-14-18(19(25)23(22-14)16-10-6-5-7-11-16)21-20-15-9-8-12-17(13-15)24(2,3)4;1-12-7-8-13-9-10-16(21)18(14(13)11-12)20-19-15-5-3-4-6-17(15)22-2;1-8-3-2-4-9(5-8)21-13-7-12(20)14-15(17(13)23)11(19)6-10(18)16(14)22;1-10-2-3-11-4-7-16(22)17(13(11)8-10)20-19-14-6-5-12(18)9-15(14)21(23)24;1-11-2-3-12-4-9-16(21)17(15(12)10-11)20-19-14-7-5-13(18)6-8-14;;;/h5-13,18-19,25H,1-4H3;3-11,21H,1-2H3;2-7,22H,19-20H2,1H3;2-9,22H,18H2,1H3;2-10,21H,18H2,1H3;2*1H4;1H/q+1;;;;;;;/p-1. The summed E-state index contributed by atoms with van der Waals surface area (Å²) in [6.45, 7) is 9.74. The number of nitrogen functional groups attached to an aromatic ring is 3. The molecular weight excluding hydrogens is 1580 g/mol. The number of azo groups is 4. The predicted octanol–water partition coefficient (Wildman–Crippen LogP) is 20.0. The minimum atomic E-state index is -0.854. The molecule has 0 fully saturated rings. The molecular formula is C90H91BrClN17O9. The van der Waals surface area contributed by atoms with Crippen molar-refractivity contribution in [3.8, 4) is 28.7 Å². The van der Waals surface area contributed by atoms with Crippen LogP contribution < -0.4 is 49.6 Å². The Morgan fingerprint density at radius 1 is 0.517 bits per heavy atom. The lowest BCUT2D eigenvalue weighted by Crippen LogP contribution is -3.00. The van der Waals surface area contributed by atoms with E-state index in [2.05, 4.69) is 94.1 Å². The van der Waals surface area contributed by atoms with Gasteiger partial charge >= 0.3 is 0 Å². The molecule has 26 nitrogen and oxygen atoms in total. The first-order chi connectivity index (χ1) is 55.0. The summed E-state index contributed by atoms with van der Waals surface area (Å²) in [7, 11) is 7.90. The number of ether oxygens (including phenoxy) is 1. The van der Waals surface area contributed by atoms with Crippen LogP contribution in [0.5, 0.6) is 28.7 Å². The van der Waals surface area contributed by atoms with E-state index >= 15 is 0 Å². The lowest BCUT2D eigenvalue weighted by Gasteiger charge is -2.23. The molecule has 1 aliphatic heterocycles. The molecule has 2 atom stereocenters. The van der Waals surface area contributed by atoms with Crippen molar-refractivity contribution in [3.05, 3.63) is 297 Å². The van der Waals surface area contributed by atoms with Crippen LogP contribution in [0.2, 0.25) is 0 Å². The number of aromatic hydroxyl groups is 4. The second-order valence-corrected chi connectivity index (χ2v) is 28.5. The molecule has 604 valence electrons. The summed E-state index contributed by atoms with van der Waals surface area (Å²) in [6.07, 6.45) is 0.603. The first kappa shape index (κ1) is 89.4. The zero-order valence-corrected chi connectivity index (χ0v) is 66.9. The average Bonchev–Trinajstić information content (AvgIpc) is 1.17. The number of aliphatic hydroxyl groups excluding tert-OH is 1. The Hall–Kier alpha value is -14.1. The van der Waals surface area contributed by atoms with Crippen molar-refractivity contribution in [2.45, 2.75) is 61.7 Å². The predicted molar refractivity (Wildman–Crippen MR) is 476 cm³/mol. The number of halogens is 2. The van der Waals surface area contributed by atoms with E-state index in [-0.39, 0.29) is 107 Å². The quantitative estimate of drug-likeness (QED) is 0.0129. The van der Waals surface area contributed by atoms with E-state index in [9.17, 15) is 40.4 Å². The van der Waals surface area contributed by atoms with Crippen LogP contribution in [0.3, 0.4) is 0 Å². The number of hydrazone groups is 1. The van der Waals surface area contributed by atoms with Crippen molar-refractivity contribution < 1.29 is 52.4 Å². The number of quaternary nitrogens is 1. The zero-order chi connectivity index (χ0) is 82.4. The Bertz CT molecular complexity index is 6060. The highest BCUT2D eigenvalue weighted by molar-refractivity contribution is 9.10. The summed E-state index contributed by atoms with van der Waals surface area (Å²) in [6, 6.07) is 72.7. The van der Waals surface area contributed by atoms with Crippen molar-refractivity contribution in [3.63, 3.8) is 0 Å². The first-order valence-electron chi connectivity index (χ1n) is 35.9. The van der Waals surface area contributed by atoms with Gasteiger partial charge in [-0.25, -0.2) is 10.0 Å². The molecule has 0 radical (unpaired) electrons. The van der Waals surface area contributed by atoms with Crippen LogP contribution in [-0.2, 0) is 0 Å². The van der Waals surface area contributed by atoms with E-state index in [1.165, 1.54) is 36.4 Å². The first-order valence-corrected chi connectivity index (χ1v) is 36.6. The number of aliphatic hydroxyl groups is 1. The van der Waals surface area contributed by atoms with Crippen LogP contribution in [0.4, 0.5) is 79.6 Å². The highest BCUT2D eigenvalue weighted by Gasteiger charge is 2.35. The number of anilines is 4. The van der Waals surface area contributed by atoms with Gasteiger partial charge in [-0.2, -0.15) is 20.4 Å². The molecule has 13 aromatic carbocycles. The number of Topliss-reactive ketones (excluding diaryl/α,β-unsaturated/α-hetero) is 1. The molecule has 0 aromatic heterocycles. The Balaban J connectivity index is 0.000000183. The highest BCUT2D eigenvalue weighted by Crippen LogP contribution is 2.44. The SMILES string of the molecule is C.C.CC1=NN(c2ccccc2)C(O)C1N=Nc1cccc([N+](C)(C)C)c1.COc1ccccc1N=Nc1c(O)ccc2ccc(C)cc12.Cc1ccc2ccc(O)c(N=Nc3ccc(N)cc3)c2c1.Cc1ccc2ccc(O)c(N=Nc3ccc(N)cc3[N+](=O)[O-])c2c1.Cc1cccc(N=C2C=C(N)c3c(O)c(Br)cc(N)c3C2=O)c1.[Cl-]. The molecule has 1 aliphatic carbocycles. The second-order valence-electron chi connectivity index (χ2n) is 27.7. The van der Waals surface area contributed by atoms with Gasteiger partial charge in [-0.1, -0.05) is 135 Å². The van der Waals surface area contributed by atoms with Crippen LogP contribution in [0.1, 0.15) is 60.0 Å². The number of phenols is 4. The molecule has 2 unspecified atom stereocenters. The number of fused-ring (bicyclic) bond motifs is 4. The molecule has 0 spiro atoms. The maximum Gasteiger partial charge on any atom is 0.298 e. The molecule has 28 heteroatoms. The largest absolute Gasteiger partial charge is 1.00 e. The summed E-state index contributed by atoms with van der Waals surface area (Å²) in [5.74, 6) is 0.350. The lowest BCUT2D eigenvalue weighted by molar-refractivity contribution is -0.384. The normalized spacial score (nSPS) is 13.8. The fourth-order valence-corrected chi connectivity index (χ4v) is 12.5. The van der Waals surface area contributed by atoms with Crippen molar-refractivity contribution in [2.75, 3.05) is 50.5 Å². The number of hydrogen-bond acceptors (Lipinski definition) is 24. The third kappa shape index (κ3) is 21.8. The third-order valence-corrected chi connectivity index (χ3v) is 18.7. The van der Waals surface area contributed by atoms with E-state index in [4.69, 9.17) is 27.7 Å². The smallest absolute Gasteiger partial charge is 0.298 e. The number of aryl methyl sites for hydroxylation is 4. The number of allylic oxidation sites excluding steroid dienone is 1. The molecule has 118 heavy (non-hydrogen) atoms. The minimum Gasteiger partial charge on any atom is -1.00 e. The number of carbonyl (C=O) groups excluding carboxylic acids is 1. The van der Waals surface area contributed by atoms with E-state index in [1.807, 2.05) is 192 Å². The van der Waals surface area contributed by atoms with Crippen LogP contribution in [0, 0.1) is 37.8 Å². The summed E-state index contributed by atoms with van der Waals surface area (Å²) in [5.41, 5.74) is 35.9. The van der Waals surface area contributed by atoms with Crippen LogP contribution in [0.15, 0.2) is 304 Å². The van der Waals surface area contributed by atoms with E-state index in [1.54, 1.807) is 60.6 Å². The molecule has 15 rings (SSSR count). The molecule has 1 heterocycles. The number of nitrogens with zero attached hydrogens (tertiary/aromatic N) is 13. The number of methoxy groups -OCH3 is 1. The summed E-state index contributed by atoms with van der Waals surface area (Å²) < 4.78 is 6.35. The second kappa shape index (κ2) is 39.8. The van der Waals surface area contributed by atoms with Crippen molar-refractivity contribution in [2.24, 2.45) is 56.7 Å². The number of rotatable bonds is 13. The van der Waals surface area contributed by atoms with Gasteiger partial charge in [0.1, 0.15) is 62.9 Å². The van der Waals surface area contributed by atoms with E-state index < -0.39 is 17.2 Å². The average molecular weight is 1670 g/mol. The van der Waals surface area contributed by atoms with Gasteiger partial charge in [-0.3, -0.25) is 19.4 Å². The topological polar surface area (TPSA) is 402 Å². The fourth-order valence-electron chi connectivity index (χ4n) is 12.1. The molecule has 2 aliphatic rings. The van der Waals surface area contributed by atoms with Gasteiger partial charge < -0.3 is 65.6 Å².